The highest BCUT2D eigenvalue weighted by molar-refractivity contribution is 6.91. The lowest BCUT2D eigenvalue weighted by molar-refractivity contribution is 0.256. The average Bonchev–Trinajstić information content (AvgIpc) is 1.52. The monoisotopic (exact) mass is 1440 g/mol. The fraction of sp³-hybridized carbons (Fsp3) is 0.220. The third kappa shape index (κ3) is 9.40. The zero-order chi connectivity index (χ0) is 70.5. The SMILES string of the molecule is CCC[Si](CCC)(CCC)O[Si]1(O[Si]2(O[Si](CCC)(CCC)CCC)n3c4c5ccccc5c3/N=C3N=C(/N=c5/c6ccccc6/c(n52)=N/C2=NC(=N\4)/c4ccccc42)c2ccccc2\3)n2c3c4ccccc4c2/N=C2N=C(/N=c4/c5ccccc5/c(n41)=N/C1=NC(=N\3)/c3ccccc31)c1ccccc1\2. The second kappa shape index (κ2) is 24.4. The molecule has 0 fully saturated rings. The van der Waals surface area contributed by atoms with E-state index in [1.165, 1.54) is 0 Å². The standard InChI is InChI=1S/C82H74N16O3Si4/c1-7-45-102(46-8-2,47-9-3)99-104(95-75-59-37-21-22-38-60(59)77(95)89-69-53-31-15-16-32-54(53)70(84-69)90-78-62-40-24-23-39-61(62)76(96(78)104)88-68-52-30-14-13-29-51(52)67(83-68)87-75)101-105(100-103(48-10-4,49-11-5)50-12-6)97-79-63-41-25-26-42-64(63)81(97)93-73-57-35-19-20-36-58(57)74(86-73)94-82-66-44-28-27-43-65(66)80(98(82)105)92-72-56-34-18-17-33-55(56)71(85-72)91-79/h13-44H,7-12,45-50H2,1-6H3/b87-67-,87-75?,88-68?,88-76-,89-69-,89-77?,90-70?,90-78-,91-71-,91-79?,92-72?,92-80-,93-73-,93-81?,94-74?,94-82-. The van der Waals surface area contributed by atoms with Crippen LogP contribution in [0.15, 0.2) is 254 Å². The number of aromatic nitrogens is 4. The molecule has 23 heteroatoms. The van der Waals surface area contributed by atoms with Crippen LogP contribution < -0.4 is 22.0 Å². The summed E-state index contributed by atoms with van der Waals surface area (Å²) in [5, 5.41) is 6.44. The molecule has 20 rings (SSSR count). The molecule has 19 nitrogen and oxygen atoms in total. The first-order valence-corrected chi connectivity index (χ1v) is 45.7. The van der Waals surface area contributed by atoms with E-state index in [1.807, 2.05) is 0 Å². The third-order valence-electron chi connectivity index (χ3n) is 21.8. The van der Waals surface area contributed by atoms with E-state index in [-0.39, 0.29) is 0 Å². The van der Waals surface area contributed by atoms with Gasteiger partial charge in [0.05, 0.1) is 0 Å². The molecule has 0 N–H and O–H groups in total. The van der Waals surface area contributed by atoms with Crippen LogP contribution in [0.1, 0.15) is 125 Å². The molecular formula is C82H74N16O3Si4. The Hall–Kier alpha value is -10.8. The Balaban J connectivity index is 1.11. The van der Waals surface area contributed by atoms with Gasteiger partial charge in [0, 0.05) is 87.6 Å². The summed E-state index contributed by atoms with van der Waals surface area (Å²) in [6.07, 6.45) is 5.00. The predicted molar refractivity (Wildman–Crippen MR) is 428 cm³/mol. The first-order valence-electron chi connectivity index (χ1n) is 37.3. The fourth-order valence-corrected chi connectivity index (χ4v) is 41.0. The van der Waals surface area contributed by atoms with Crippen LogP contribution in [0.3, 0.4) is 0 Å². The average molecular weight is 1440 g/mol. The molecule has 12 aromatic rings. The van der Waals surface area contributed by atoms with Gasteiger partial charge in [-0.25, -0.2) is 59.9 Å². The highest BCUT2D eigenvalue weighted by Gasteiger charge is 2.68. The summed E-state index contributed by atoms with van der Waals surface area (Å²) in [5.74, 6) is 6.07. The largest absolute Gasteiger partial charge is 0.586 e. The topological polar surface area (TPSA) is 196 Å². The molecular weight excluding hydrogens is 1370 g/mol. The number of rotatable bonds is 18. The molecule has 0 saturated carbocycles. The molecule has 2 atom stereocenters. The van der Waals surface area contributed by atoms with Crippen LogP contribution in [0, 0.1) is 0 Å². The maximum absolute atomic E-state index is 10.2. The first kappa shape index (κ1) is 63.9. The van der Waals surface area contributed by atoms with Crippen molar-refractivity contribution in [2.24, 2.45) is 59.9 Å². The van der Waals surface area contributed by atoms with Crippen LogP contribution in [-0.2, 0) is 12.3 Å². The van der Waals surface area contributed by atoms with E-state index in [4.69, 9.17) is 59.9 Å². The van der Waals surface area contributed by atoms with E-state index >= 15 is 0 Å². The highest BCUT2D eigenvalue weighted by Crippen LogP contribution is 2.51. The molecule has 0 aliphatic carbocycles. The smallest absolute Gasteiger partial charge is 0.403 e. The van der Waals surface area contributed by atoms with Gasteiger partial charge >= 0.3 is 17.8 Å². The Bertz CT molecular complexity index is 5620. The molecule has 8 aromatic carbocycles. The quantitative estimate of drug-likeness (QED) is 0.0772. The number of hydrogen-bond acceptors (Lipinski definition) is 15. The van der Waals surface area contributed by atoms with Gasteiger partial charge in [-0.2, -0.15) is 0 Å². The number of nitrogens with zero attached hydrogens (tertiary/aromatic N) is 16. The van der Waals surface area contributed by atoms with Crippen LogP contribution in [-0.4, -0.2) is 98.0 Å². The molecule has 4 aromatic heterocycles. The molecule has 0 saturated heterocycles. The van der Waals surface area contributed by atoms with Crippen molar-refractivity contribution in [1.82, 2.24) is 16.9 Å². The van der Waals surface area contributed by atoms with Gasteiger partial charge in [-0.15, -0.1) is 0 Å². The van der Waals surface area contributed by atoms with Crippen LogP contribution in [0.4, 0.5) is 23.3 Å². The summed E-state index contributed by atoms with van der Waals surface area (Å²) >= 11 is 0. The molecule has 8 aliphatic heterocycles. The van der Waals surface area contributed by atoms with Gasteiger partial charge in [-0.3, -0.25) is 16.9 Å². The van der Waals surface area contributed by atoms with E-state index in [2.05, 4.69) is 253 Å². The number of hydrogen-bond donors (Lipinski definition) is 0. The Kier molecular flexibility index (Phi) is 14.9. The molecule has 2 unspecified atom stereocenters. The van der Waals surface area contributed by atoms with Crippen LogP contribution in [0.25, 0.3) is 43.1 Å². The lowest BCUT2D eigenvalue weighted by Gasteiger charge is -2.48. The van der Waals surface area contributed by atoms with Gasteiger partial charge < -0.3 is 12.3 Å². The minimum absolute atomic E-state index is 0.491. The normalized spacial score (nSPS) is 21.5. The van der Waals surface area contributed by atoms with Crippen molar-refractivity contribution in [3.63, 3.8) is 0 Å². The molecule has 516 valence electrons. The predicted octanol–water partition coefficient (Wildman–Crippen LogP) is 16.2. The minimum atomic E-state index is -5.46. The second-order valence-electron chi connectivity index (χ2n) is 28.5. The molecule has 12 heterocycles. The summed E-state index contributed by atoms with van der Waals surface area (Å²) in [6, 6.07) is 72.0. The van der Waals surface area contributed by atoms with E-state index in [0.29, 0.717) is 91.9 Å². The zero-order valence-corrected chi connectivity index (χ0v) is 63.3. The number of benzene rings is 8. The molecule has 0 amide bonds. The van der Waals surface area contributed by atoms with Crippen LogP contribution in [0.5, 0.6) is 0 Å². The lowest BCUT2D eigenvalue weighted by atomic mass is 10.1. The first-order chi connectivity index (χ1) is 51.6. The number of fused-ring (bicyclic) bond motifs is 28. The zero-order valence-electron chi connectivity index (χ0n) is 59.3. The van der Waals surface area contributed by atoms with Crippen molar-refractivity contribution < 1.29 is 12.3 Å². The van der Waals surface area contributed by atoms with Crippen molar-refractivity contribution in [3.05, 3.63) is 261 Å². The number of aliphatic imine (C=N–C) groups is 8. The van der Waals surface area contributed by atoms with Gasteiger partial charge in [0.2, 0.25) is 0 Å². The molecule has 0 radical (unpaired) electrons. The Morgan fingerprint density at radius 2 is 0.429 bits per heavy atom. The van der Waals surface area contributed by atoms with Gasteiger partial charge in [-0.1, -0.05) is 274 Å². The van der Waals surface area contributed by atoms with Crippen molar-refractivity contribution in [3.8, 4) is 0 Å². The van der Waals surface area contributed by atoms with Crippen molar-refractivity contribution in [1.29, 1.82) is 0 Å². The van der Waals surface area contributed by atoms with Crippen molar-refractivity contribution >= 4 is 147 Å². The summed E-state index contributed by atoms with van der Waals surface area (Å²) in [7, 11) is -17.7. The summed E-state index contributed by atoms with van der Waals surface area (Å²) in [4.78, 5) is 71.3. The number of amidine groups is 8. The van der Waals surface area contributed by atoms with Crippen LogP contribution >= 0.6 is 0 Å². The Labute approximate surface area is 609 Å². The molecule has 12 bridgehead atoms. The van der Waals surface area contributed by atoms with E-state index in [1.54, 1.807) is 0 Å². The molecule has 8 aliphatic rings. The van der Waals surface area contributed by atoms with Gasteiger partial charge in [0.25, 0.3) is 0 Å². The molecule has 0 spiro atoms. The van der Waals surface area contributed by atoms with Crippen LogP contribution in [0.2, 0.25) is 36.3 Å². The van der Waals surface area contributed by atoms with Gasteiger partial charge in [0.15, 0.2) is 63.3 Å². The second-order valence-corrected chi connectivity index (χ2v) is 42.7. The fourth-order valence-electron chi connectivity index (χ4n) is 17.8. The highest BCUT2D eigenvalue weighted by atomic mass is 28.5. The maximum Gasteiger partial charge on any atom is 0.586 e. The summed E-state index contributed by atoms with van der Waals surface area (Å²) < 4.78 is 38.8. The van der Waals surface area contributed by atoms with Crippen molar-refractivity contribution in [2.75, 3.05) is 0 Å². The summed E-state index contributed by atoms with van der Waals surface area (Å²) in [6.45, 7) is 13.8. The Morgan fingerprint density at radius 3 is 0.638 bits per heavy atom. The van der Waals surface area contributed by atoms with Gasteiger partial charge in [-0.05, 0) is 36.3 Å². The maximum atomic E-state index is 10.2. The van der Waals surface area contributed by atoms with E-state index in [0.717, 1.165) is 162 Å². The molecule has 105 heavy (non-hydrogen) atoms. The Morgan fingerprint density at radius 1 is 0.238 bits per heavy atom. The van der Waals surface area contributed by atoms with E-state index < -0.39 is 34.4 Å². The third-order valence-corrected chi connectivity index (χ3v) is 42.0. The van der Waals surface area contributed by atoms with Crippen molar-refractivity contribution in [2.45, 2.75) is 116 Å². The van der Waals surface area contributed by atoms with Gasteiger partial charge in [0.1, 0.15) is 45.2 Å². The lowest BCUT2D eigenvalue weighted by Crippen LogP contribution is -2.78. The minimum Gasteiger partial charge on any atom is -0.403 e. The van der Waals surface area contributed by atoms with E-state index in [9.17, 15) is 12.3 Å². The summed E-state index contributed by atoms with van der Waals surface area (Å²) in [5.41, 5.74) is 8.84.